The summed E-state index contributed by atoms with van der Waals surface area (Å²) in [5.41, 5.74) is 0.637. The van der Waals surface area contributed by atoms with E-state index in [1.165, 1.54) is 18.3 Å². The fourth-order valence-electron chi connectivity index (χ4n) is 1.60. The number of carbonyl (C=O) groups is 2. The molecule has 106 valence electrons. The van der Waals surface area contributed by atoms with E-state index >= 15 is 0 Å². The molecule has 0 aliphatic rings. The van der Waals surface area contributed by atoms with E-state index in [1.54, 1.807) is 18.2 Å². The summed E-state index contributed by atoms with van der Waals surface area (Å²) >= 11 is 0. The zero-order valence-electron chi connectivity index (χ0n) is 10.8. The van der Waals surface area contributed by atoms with E-state index in [1.807, 2.05) is 0 Å². The van der Waals surface area contributed by atoms with Crippen LogP contribution in [-0.4, -0.2) is 22.0 Å². The van der Waals surface area contributed by atoms with Gasteiger partial charge in [-0.2, -0.15) is 0 Å². The van der Waals surface area contributed by atoms with Crippen molar-refractivity contribution in [1.29, 1.82) is 0 Å². The molecule has 6 heteroatoms. The topological polar surface area (TPSA) is 79.3 Å². The lowest BCUT2D eigenvalue weighted by molar-refractivity contribution is -0.131. The molecule has 1 aromatic heterocycles. The molecule has 0 aliphatic carbocycles. The Morgan fingerprint density at radius 2 is 2.05 bits per heavy atom. The number of hydrogen-bond donors (Lipinski definition) is 2. The summed E-state index contributed by atoms with van der Waals surface area (Å²) in [6.07, 6.45) is 3.43. The van der Waals surface area contributed by atoms with Crippen LogP contribution in [0.4, 0.5) is 10.1 Å². The highest BCUT2D eigenvalue weighted by Crippen LogP contribution is 2.17. The van der Waals surface area contributed by atoms with Gasteiger partial charge in [0.15, 0.2) is 0 Å². The first kappa shape index (κ1) is 14.4. The van der Waals surface area contributed by atoms with Gasteiger partial charge in [0.2, 0.25) is 0 Å². The van der Waals surface area contributed by atoms with Crippen LogP contribution in [0.25, 0.3) is 6.08 Å². The van der Waals surface area contributed by atoms with Gasteiger partial charge in [0.25, 0.3) is 5.91 Å². The minimum atomic E-state index is -1.18. The van der Waals surface area contributed by atoms with Gasteiger partial charge in [0, 0.05) is 23.5 Å². The number of hydrogen-bond acceptors (Lipinski definition) is 3. The van der Waals surface area contributed by atoms with Gasteiger partial charge in [-0.15, -0.1) is 0 Å². The summed E-state index contributed by atoms with van der Waals surface area (Å²) in [4.78, 5) is 26.2. The van der Waals surface area contributed by atoms with Crippen molar-refractivity contribution in [3.8, 4) is 0 Å². The molecular weight excluding hydrogens is 275 g/mol. The van der Waals surface area contributed by atoms with Crippen LogP contribution in [0.5, 0.6) is 0 Å². The first-order chi connectivity index (χ1) is 10.1. The van der Waals surface area contributed by atoms with Gasteiger partial charge >= 0.3 is 5.97 Å². The Kier molecular flexibility index (Phi) is 4.40. The van der Waals surface area contributed by atoms with Gasteiger partial charge in [0.05, 0.1) is 0 Å². The molecule has 1 aromatic carbocycles. The average molecular weight is 286 g/mol. The van der Waals surface area contributed by atoms with Crippen molar-refractivity contribution in [2.45, 2.75) is 0 Å². The molecule has 1 amide bonds. The SMILES string of the molecule is O=C(O)/C=C/c1cc(NC(=O)c2ccccn2)ccc1F. The van der Waals surface area contributed by atoms with Gasteiger partial charge in [0.1, 0.15) is 11.5 Å². The smallest absolute Gasteiger partial charge is 0.328 e. The van der Waals surface area contributed by atoms with Crippen LogP contribution in [0, 0.1) is 5.82 Å². The van der Waals surface area contributed by atoms with Crippen LogP contribution >= 0.6 is 0 Å². The maximum atomic E-state index is 13.5. The Morgan fingerprint density at radius 3 is 2.71 bits per heavy atom. The van der Waals surface area contributed by atoms with E-state index in [4.69, 9.17) is 5.11 Å². The molecule has 0 saturated heterocycles. The van der Waals surface area contributed by atoms with Gasteiger partial charge in [-0.05, 0) is 36.4 Å². The highest BCUT2D eigenvalue weighted by atomic mass is 19.1. The number of aromatic nitrogens is 1. The highest BCUT2D eigenvalue weighted by Gasteiger charge is 2.08. The number of nitrogens with one attached hydrogen (secondary N) is 1. The Balaban J connectivity index is 2.19. The molecule has 0 saturated carbocycles. The summed E-state index contributed by atoms with van der Waals surface area (Å²) in [5, 5.41) is 11.1. The van der Waals surface area contributed by atoms with E-state index in [-0.39, 0.29) is 11.3 Å². The quantitative estimate of drug-likeness (QED) is 0.847. The van der Waals surface area contributed by atoms with E-state index in [0.717, 1.165) is 18.2 Å². The highest BCUT2D eigenvalue weighted by molar-refractivity contribution is 6.03. The van der Waals surface area contributed by atoms with Crippen LogP contribution in [0.2, 0.25) is 0 Å². The van der Waals surface area contributed by atoms with Crippen LogP contribution in [0.15, 0.2) is 48.7 Å². The van der Waals surface area contributed by atoms with E-state index < -0.39 is 17.7 Å². The van der Waals surface area contributed by atoms with Crippen LogP contribution in [0.3, 0.4) is 0 Å². The Morgan fingerprint density at radius 1 is 1.24 bits per heavy atom. The summed E-state index contributed by atoms with van der Waals surface area (Å²) in [7, 11) is 0. The molecule has 21 heavy (non-hydrogen) atoms. The molecule has 0 spiro atoms. The molecule has 2 rings (SSSR count). The van der Waals surface area contributed by atoms with Gasteiger partial charge in [-0.25, -0.2) is 9.18 Å². The zero-order valence-corrected chi connectivity index (χ0v) is 10.8. The normalized spacial score (nSPS) is 10.5. The molecule has 0 radical (unpaired) electrons. The minimum absolute atomic E-state index is 0.0659. The molecule has 0 fully saturated rings. The number of carboxylic acids is 1. The van der Waals surface area contributed by atoms with Crippen LogP contribution < -0.4 is 5.32 Å². The van der Waals surface area contributed by atoms with E-state index in [9.17, 15) is 14.0 Å². The molecular formula is C15H11FN2O3. The predicted molar refractivity (Wildman–Crippen MR) is 75.3 cm³/mol. The van der Waals surface area contributed by atoms with Gasteiger partial charge < -0.3 is 10.4 Å². The first-order valence-electron chi connectivity index (χ1n) is 5.99. The number of pyridine rings is 1. The number of aliphatic carboxylic acids is 1. The predicted octanol–water partition coefficient (Wildman–Crippen LogP) is 2.57. The largest absolute Gasteiger partial charge is 0.478 e. The third-order valence-electron chi connectivity index (χ3n) is 2.56. The molecule has 0 aliphatic heterocycles. The third kappa shape index (κ3) is 3.97. The maximum Gasteiger partial charge on any atom is 0.328 e. The van der Waals surface area contributed by atoms with Crippen molar-refractivity contribution in [2.75, 3.05) is 5.32 Å². The van der Waals surface area contributed by atoms with Crippen LogP contribution in [-0.2, 0) is 4.79 Å². The van der Waals surface area contributed by atoms with Crippen LogP contribution in [0.1, 0.15) is 16.1 Å². The molecule has 2 N–H and O–H groups in total. The number of amides is 1. The molecule has 2 aromatic rings. The average Bonchev–Trinajstić information content (AvgIpc) is 2.48. The monoisotopic (exact) mass is 286 g/mol. The standard InChI is InChI=1S/C15H11FN2O3/c16-12-6-5-11(9-10(12)4-7-14(19)20)18-15(21)13-3-1-2-8-17-13/h1-9H,(H,18,21)(H,19,20)/b7-4+. The number of nitrogens with zero attached hydrogens (tertiary/aromatic N) is 1. The fourth-order valence-corrected chi connectivity index (χ4v) is 1.60. The van der Waals surface area contributed by atoms with Crippen molar-refractivity contribution < 1.29 is 19.1 Å². The molecule has 5 nitrogen and oxygen atoms in total. The third-order valence-corrected chi connectivity index (χ3v) is 2.56. The number of anilines is 1. The minimum Gasteiger partial charge on any atom is -0.478 e. The fraction of sp³-hybridized carbons (Fsp3) is 0. The zero-order chi connectivity index (χ0) is 15.2. The Labute approximate surface area is 119 Å². The van der Waals surface area contributed by atoms with Crippen molar-refractivity contribution in [2.24, 2.45) is 0 Å². The Bertz CT molecular complexity index is 699. The van der Waals surface area contributed by atoms with E-state index in [0.29, 0.717) is 5.69 Å². The van der Waals surface area contributed by atoms with Crippen molar-refractivity contribution in [3.05, 3.63) is 65.7 Å². The van der Waals surface area contributed by atoms with Crippen molar-refractivity contribution >= 4 is 23.6 Å². The lowest BCUT2D eigenvalue weighted by Crippen LogP contribution is -2.13. The summed E-state index contributed by atoms with van der Waals surface area (Å²) < 4.78 is 13.5. The number of rotatable bonds is 4. The first-order valence-corrected chi connectivity index (χ1v) is 5.99. The summed E-state index contributed by atoms with van der Waals surface area (Å²) in [5.74, 6) is -2.20. The molecule has 0 unspecified atom stereocenters. The lowest BCUT2D eigenvalue weighted by atomic mass is 10.1. The second-order valence-electron chi connectivity index (χ2n) is 4.08. The van der Waals surface area contributed by atoms with Crippen molar-refractivity contribution in [3.63, 3.8) is 0 Å². The maximum absolute atomic E-state index is 13.5. The molecule has 0 bridgehead atoms. The second-order valence-corrected chi connectivity index (χ2v) is 4.08. The van der Waals surface area contributed by atoms with Gasteiger partial charge in [-0.3, -0.25) is 9.78 Å². The summed E-state index contributed by atoms with van der Waals surface area (Å²) in [6, 6.07) is 8.78. The number of carbonyl (C=O) groups excluding carboxylic acids is 1. The number of halogens is 1. The van der Waals surface area contributed by atoms with E-state index in [2.05, 4.69) is 10.3 Å². The Hall–Kier alpha value is -3.02. The number of carboxylic acid groups (broad SMARTS) is 1. The molecule has 1 heterocycles. The second kappa shape index (κ2) is 6.42. The number of benzene rings is 1. The van der Waals surface area contributed by atoms with Crippen molar-refractivity contribution in [1.82, 2.24) is 4.98 Å². The summed E-state index contributed by atoms with van der Waals surface area (Å²) in [6.45, 7) is 0. The lowest BCUT2D eigenvalue weighted by Gasteiger charge is -2.06. The van der Waals surface area contributed by atoms with Gasteiger partial charge in [-0.1, -0.05) is 6.07 Å². The molecule has 0 atom stereocenters.